The molecular formula is C9H12N4. The second-order valence-corrected chi connectivity index (χ2v) is 3.28. The van der Waals surface area contributed by atoms with E-state index in [2.05, 4.69) is 29.1 Å². The van der Waals surface area contributed by atoms with Crippen molar-refractivity contribution in [3.05, 3.63) is 24.8 Å². The molecule has 0 atom stereocenters. The number of imidazole rings is 1. The predicted molar refractivity (Wildman–Crippen MR) is 51.7 cm³/mol. The van der Waals surface area contributed by atoms with E-state index in [1.54, 1.807) is 12.4 Å². The van der Waals surface area contributed by atoms with Gasteiger partial charge in [-0.3, -0.25) is 4.40 Å². The van der Waals surface area contributed by atoms with Gasteiger partial charge in [-0.25, -0.2) is 9.97 Å². The molecule has 0 aliphatic rings. The van der Waals surface area contributed by atoms with Crippen LogP contribution in [0.3, 0.4) is 0 Å². The van der Waals surface area contributed by atoms with E-state index in [0.29, 0.717) is 6.04 Å². The molecule has 0 unspecified atom stereocenters. The van der Waals surface area contributed by atoms with Crippen LogP contribution in [0.1, 0.15) is 13.8 Å². The Labute approximate surface area is 76.6 Å². The van der Waals surface area contributed by atoms with Crippen LogP contribution in [0.4, 0.5) is 5.69 Å². The third kappa shape index (κ3) is 1.61. The van der Waals surface area contributed by atoms with E-state index in [9.17, 15) is 0 Å². The standard InChI is InChI=1S/C9H12N4/c1-7(2)12-8-5-11-9-10-3-4-13(9)6-8/h3-7,12H,1-2H3. The number of anilines is 1. The second-order valence-electron chi connectivity index (χ2n) is 3.28. The lowest BCUT2D eigenvalue weighted by molar-refractivity contribution is 0.893. The second kappa shape index (κ2) is 3.05. The first-order valence-electron chi connectivity index (χ1n) is 4.31. The Morgan fingerprint density at radius 2 is 2.23 bits per heavy atom. The van der Waals surface area contributed by atoms with Gasteiger partial charge in [0.2, 0.25) is 5.78 Å². The van der Waals surface area contributed by atoms with Gasteiger partial charge in [0.05, 0.1) is 11.9 Å². The molecule has 4 nitrogen and oxygen atoms in total. The fourth-order valence-electron chi connectivity index (χ4n) is 1.22. The number of nitrogens with zero attached hydrogens (tertiary/aromatic N) is 3. The first-order chi connectivity index (χ1) is 6.25. The molecule has 13 heavy (non-hydrogen) atoms. The minimum absolute atomic E-state index is 0.419. The van der Waals surface area contributed by atoms with Crippen molar-refractivity contribution in [1.29, 1.82) is 0 Å². The smallest absolute Gasteiger partial charge is 0.233 e. The molecule has 0 aliphatic heterocycles. The zero-order valence-electron chi connectivity index (χ0n) is 7.73. The third-order valence-electron chi connectivity index (χ3n) is 1.70. The normalized spacial score (nSPS) is 11.0. The number of fused-ring (bicyclic) bond motifs is 1. The Morgan fingerprint density at radius 1 is 1.38 bits per heavy atom. The summed E-state index contributed by atoms with van der Waals surface area (Å²) >= 11 is 0. The van der Waals surface area contributed by atoms with Crippen LogP contribution in [0.2, 0.25) is 0 Å². The number of rotatable bonds is 2. The average molecular weight is 176 g/mol. The van der Waals surface area contributed by atoms with E-state index in [1.807, 2.05) is 16.8 Å². The SMILES string of the molecule is CC(C)Nc1cnc2nccn2c1. The Morgan fingerprint density at radius 3 is 3.00 bits per heavy atom. The molecule has 0 fully saturated rings. The van der Waals surface area contributed by atoms with Gasteiger partial charge < -0.3 is 5.32 Å². The quantitative estimate of drug-likeness (QED) is 0.754. The van der Waals surface area contributed by atoms with Gasteiger partial charge in [0.1, 0.15) is 0 Å². The van der Waals surface area contributed by atoms with Crippen molar-refractivity contribution in [2.75, 3.05) is 5.32 Å². The van der Waals surface area contributed by atoms with Crippen molar-refractivity contribution in [3.8, 4) is 0 Å². The molecule has 0 aliphatic carbocycles. The molecule has 68 valence electrons. The van der Waals surface area contributed by atoms with Crippen molar-refractivity contribution in [2.45, 2.75) is 19.9 Å². The van der Waals surface area contributed by atoms with Crippen LogP contribution in [0, 0.1) is 0 Å². The van der Waals surface area contributed by atoms with Gasteiger partial charge in [0.15, 0.2) is 0 Å². The monoisotopic (exact) mass is 176 g/mol. The lowest BCUT2D eigenvalue weighted by Crippen LogP contribution is -2.10. The topological polar surface area (TPSA) is 42.2 Å². The van der Waals surface area contributed by atoms with Gasteiger partial charge in [0, 0.05) is 24.6 Å². The molecule has 2 rings (SSSR count). The summed E-state index contributed by atoms with van der Waals surface area (Å²) in [5.74, 6) is 0.731. The molecular weight excluding hydrogens is 164 g/mol. The van der Waals surface area contributed by atoms with Gasteiger partial charge in [-0.1, -0.05) is 0 Å². The Bertz CT molecular complexity index is 405. The average Bonchev–Trinajstić information content (AvgIpc) is 2.49. The highest BCUT2D eigenvalue weighted by Gasteiger charge is 1.98. The molecule has 2 aromatic rings. The van der Waals surface area contributed by atoms with E-state index < -0.39 is 0 Å². The number of aromatic nitrogens is 3. The molecule has 0 aromatic carbocycles. The summed E-state index contributed by atoms with van der Waals surface area (Å²) in [7, 11) is 0. The van der Waals surface area contributed by atoms with E-state index in [1.165, 1.54) is 0 Å². The molecule has 2 aromatic heterocycles. The van der Waals surface area contributed by atoms with Gasteiger partial charge in [-0.05, 0) is 13.8 Å². The van der Waals surface area contributed by atoms with Crippen LogP contribution < -0.4 is 5.32 Å². The van der Waals surface area contributed by atoms with Crippen LogP contribution in [0.25, 0.3) is 5.78 Å². The highest BCUT2D eigenvalue weighted by molar-refractivity contribution is 5.43. The zero-order chi connectivity index (χ0) is 9.26. The van der Waals surface area contributed by atoms with Crippen LogP contribution in [-0.2, 0) is 0 Å². The van der Waals surface area contributed by atoms with Crippen molar-refractivity contribution in [2.24, 2.45) is 0 Å². The van der Waals surface area contributed by atoms with Gasteiger partial charge in [-0.15, -0.1) is 0 Å². The highest BCUT2D eigenvalue weighted by Crippen LogP contribution is 2.07. The van der Waals surface area contributed by atoms with Crippen molar-refractivity contribution < 1.29 is 0 Å². The summed E-state index contributed by atoms with van der Waals surface area (Å²) in [6.45, 7) is 4.19. The number of hydrogen-bond donors (Lipinski definition) is 1. The lowest BCUT2D eigenvalue weighted by atomic mass is 10.4. The molecule has 0 saturated heterocycles. The molecule has 0 saturated carbocycles. The first kappa shape index (κ1) is 8.04. The summed E-state index contributed by atoms with van der Waals surface area (Å²) in [4.78, 5) is 8.25. The minimum atomic E-state index is 0.419. The fraction of sp³-hybridized carbons (Fsp3) is 0.333. The van der Waals surface area contributed by atoms with Crippen molar-refractivity contribution in [1.82, 2.24) is 14.4 Å². The van der Waals surface area contributed by atoms with E-state index in [0.717, 1.165) is 11.5 Å². The predicted octanol–water partition coefficient (Wildman–Crippen LogP) is 1.55. The highest BCUT2D eigenvalue weighted by atomic mass is 15.1. The zero-order valence-corrected chi connectivity index (χ0v) is 7.73. The Balaban J connectivity index is 2.37. The first-order valence-corrected chi connectivity index (χ1v) is 4.31. The third-order valence-corrected chi connectivity index (χ3v) is 1.70. The van der Waals surface area contributed by atoms with E-state index in [4.69, 9.17) is 0 Å². The number of hydrogen-bond acceptors (Lipinski definition) is 3. The number of nitrogens with one attached hydrogen (secondary N) is 1. The summed E-state index contributed by atoms with van der Waals surface area (Å²) in [5.41, 5.74) is 1.01. The lowest BCUT2D eigenvalue weighted by Gasteiger charge is -2.08. The molecule has 0 spiro atoms. The van der Waals surface area contributed by atoms with Gasteiger partial charge in [-0.2, -0.15) is 0 Å². The maximum absolute atomic E-state index is 4.18. The van der Waals surface area contributed by atoms with E-state index in [-0.39, 0.29) is 0 Å². The molecule has 2 heterocycles. The van der Waals surface area contributed by atoms with Crippen LogP contribution in [-0.4, -0.2) is 20.4 Å². The minimum Gasteiger partial charge on any atom is -0.380 e. The molecule has 0 amide bonds. The van der Waals surface area contributed by atoms with E-state index >= 15 is 0 Å². The summed E-state index contributed by atoms with van der Waals surface area (Å²) in [6, 6.07) is 0.419. The molecule has 4 heteroatoms. The van der Waals surface area contributed by atoms with Gasteiger partial charge in [0.25, 0.3) is 0 Å². The molecule has 0 bridgehead atoms. The van der Waals surface area contributed by atoms with Crippen LogP contribution in [0.5, 0.6) is 0 Å². The Hall–Kier alpha value is -1.58. The van der Waals surface area contributed by atoms with Crippen molar-refractivity contribution in [3.63, 3.8) is 0 Å². The van der Waals surface area contributed by atoms with Gasteiger partial charge >= 0.3 is 0 Å². The van der Waals surface area contributed by atoms with Crippen LogP contribution in [0.15, 0.2) is 24.8 Å². The Kier molecular flexibility index (Phi) is 1.88. The molecule has 0 radical (unpaired) electrons. The summed E-state index contributed by atoms with van der Waals surface area (Å²) < 4.78 is 1.89. The largest absolute Gasteiger partial charge is 0.380 e. The molecule has 1 N–H and O–H groups in total. The maximum Gasteiger partial charge on any atom is 0.233 e. The van der Waals surface area contributed by atoms with Crippen LogP contribution >= 0.6 is 0 Å². The fourth-order valence-corrected chi connectivity index (χ4v) is 1.22. The summed E-state index contributed by atoms with van der Waals surface area (Å²) in [6.07, 6.45) is 7.40. The van der Waals surface area contributed by atoms with Crippen molar-refractivity contribution >= 4 is 11.5 Å². The summed E-state index contributed by atoms with van der Waals surface area (Å²) in [5, 5.41) is 3.28. The maximum atomic E-state index is 4.18.